The van der Waals surface area contributed by atoms with Crippen molar-refractivity contribution in [2.75, 3.05) is 74.9 Å². The van der Waals surface area contributed by atoms with E-state index in [4.69, 9.17) is 0 Å². The van der Waals surface area contributed by atoms with E-state index in [2.05, 4.69) is 129 Å². The number of aryl methyl sites for hydroxylation is 3. The van der Waals surface area contributed by atoms with Gasteiger partial charge in [0, 0.05) is 109 Å². The van der Waals surface area contributed by atoms with Crippen LogP contribution >= 0.6 is 0 Å². The van der Waals surface area contributed by atoms with E-state index in [0.29, 0.717) is 68.2 Å². The highest BCUT2D eigenvalue weighted by molar-refractivity contribution is 5.85. The summed E-state index contributed by atoms with van der Waals surface area (Å²) in [6, 6.07) is 19.5. The predicted octanol–water partition coefficient (Wildman–Crippen LogP) is 16.5. The first kappa shape index (κ1) is 80.8. The fourth-order valence-corrected chi connectivity index (χ4v) is 14.8. The number of aliphatic hydroxyl groups excluding tert-OH is 3. The molecule has 6 N–H and O–H groups in total. The SMILES string of the molecule is CCN1CC=C(C(O)c2ccc(Nc3ncc(F)c(-c4cc(F)c5nc(C)n(C(C)C)c5c4)n3)nc2)CC1.CCN1CC=C([C@@H](O)c2ccc(Nc3ncc(F)c(-c4cc(F)c5nc(C)n(C(C)C)c5c4)n3)nc2)CC1.CCN1CC=C([C@H](O)c2ccc(Nc3ncc(F)c(-c4cc(F)c5nc(C)n(C(C)C)c5c4)n3)nc2)CC1. The van der Waals surface area contributed by atoms with Gasteiger partial charge in [-0.25, -0.2) is 86.2 Å². The van der Waals surface area contributed by atoms with Gasteiger partial charge in [-0.2, -0.15) is 0 Å². The molecular formula is C84H93F6N21O3. The molecule has 0 radical (unpaired) electrons. The third kappa shape index (κ3) is 17.7. The second-order valence-corrected chi connectivity index (χ2v) is 29.3. The molecular weight excluding hydrogens is 1470 g/mol. The lowest BCUT2D eigenvalue weighted by molar-refractivity contribution is 0.197. The van der Waals surface area contributed by atoms with Gasteiger partial charge in [0.15, 0.2) is 34.9 Å². The Kier molecular flexibility index (Phi) is 24.8. The number of nitrogens with zero attached hydrogens (tertiary/aromatic N) is 18. The summed E-state index contributed by atoms with van der Waals surface area (Å²) >= 11 is 0. The van der Waals surface area contributed by atoms with E-state index in [-0.39, 0.29) is 86.3 Å². The number of fused-ring (bicyclic) bond motifs is 3. The second-order valence-electron chi connectivity index (χ2n) is 29.3. The number of nitrogens with one attached hydrogen (secondary N) is 3. The van der Waals surface area contributed by atoms with Gasteiger partial charge in [0.25, 0.3) is 0 Å². The van der Waals surface area contributed by atoms with Gasteiger partial charge in [-0.1, -0.05) is 57.2 Å². The summed E-state index contributed by atoms with van der Waals surface area (Å²) in [7, 11) is 0. The summed E-state index contributed by atoms with van der Waals surface area (Å²) in [5, 5.41) is 41.3. The molecule has 0 saturated carbocycles. The van der Waals surface area contributed by atoms with Gasteiger partial charge in [-0.05, 0) is 173 Å². The normalized spacial score (nSPS) is 15.2. The molecule has 3 aliphatic rings. The summed E-state index contributed by atoms with van der Waals surface area (Å²) in [4.78, 5) is 58.1. The van der Waals surface area contributed by atoms with Crippen molar-refractivity contribution in [2.45, 2.75) is 139 Å². The molecule has 0 aliphatic carbocycles. The Morgan fingerprint density at radius 3 is 0.851 bits per heavy atom. The Morgan fingerprint density at radius 1 is 0.360 bits per heavy atom. The molecule has 30 heteroatoms. The van der Waals surface area contributed by atoms with Crippen LogP contribution < -0.4 is 16.0 Å². The lowest BCUT2D eigenvalue weighted by Crippen LogP contribution is -2.29. The van der Waals surface area contributed by atoms with Crippen LogP contribution in [0.2, 0.25) is 0 Å². The molecule has 3 atom stereocenters. The highest BCUT2D eigenvalue weighted by atomic mass is 19.1. The molecule has 0 fully saturated rings. The molecule has 1 unspecified atom stereocenters. The monoisotopic (exact) mass is 1560 g/mol. The van der Waals surface area contributed by atoms with Crippen LogP contribution in [-0.2, 0) is 0 Å². The highest BCUT2D eigenvalue weighted by Crippen LogP contribution is 2.37. The van der Waals surface area contributed by atoms with Crippen molar-refractivity contribution in [3.05, 3.63) is 214 Å². The summed E-state index contributed by atoms with van der Waals surface area (Å²) in [6.45, 7) is 31.9. The molecule has 0 spiro atoms. The zero-order valence-electron chi connectivity index (χ0n) is 65.7. The minimum atomic E-state index is -0.711. The maximum Gasteiger partial charge on any atom is 0.229 e. The fraction of sp³-hybridized carbons (Fsp3) is 0.357. The first-order chi connectivity index (χ1) is 54.7. The molecule has 12 heterocycles. The quantitative estimate of drug-likeness (QED) is 0.0288. The van der Waals surface area contributed by atoms with Crippen LogP contribution in [0.5, 0.6) is 0 Å². The molecule has 24 nitrogen and oxygen atoms in total. The van der Waals surface area contributed by atoms with Crippen molar-refractivity contribution in [1.82, 2.24) is 88.2 Å². The summed E-state index contributed by atoms with van der Waals surface area (Å²) in [5.41, 5.74) is 8.24. The number of rotatable bonds is 21. The van der Waals surface area contributed by atoms with Gasteiger partial charge in [-0.15, -0.1) is 0 Å². The zero-order chi connectivity index (χ0) is 80.9. The van der Waals surface area contributed by atoms with Gasteiger partial charge < -0.3 is 45.0 Å². The van der Waals surface area contributed by atoms with Crippen molar-refractivity contribution < 1.29 is 41.7 Å². The van der Waals surface area contributed by atoms with Gasteiger partial charge in [0.2, 0.25) is 17.8 Å². The van der Waals surface area contributed by atoms with E-state index in [1.807, 2.05) is 76.0 Å². The summed E-state index contributed by atoms with van der Waals surface area (Å²) in [5.74, 6) is 0.0487. The second kappa shape index (κ2) is 35.0. The molecule has 12 aromatic rings. The van der Waals surface area contributed by atoms with Crippen molar-refractivity contribution >= 4 is 68.4 Å². The van der Waals surface area contributed by atoms with E-state index in [1.54, 1.807) is 73.2 Å². The van der Waals surface area contributed by atoms with E-state index < -0.39 is 53.2 Å². The average Bonchev–Trinajstić information content (AvgIpc) is 1.59. The maximum absolute atomic E-state index is 14.9. The Labute approximate surface area is 656 Å². The molecule has 15 rings (SSSR count). The molecule has 0 amide bonds. The third-order valence-electron chi connectivity index (χ3n) is 20.8. The van der Waals surface area contributed by atoms with Crippen molar-refractivity contribution in [1.29, 1.82) is 0 Å². The van der Waals surface area contributed by atoms with Crippen molar-refractivity contribution in [2.24, 2.45) is 0 Å². The number of likely N-dealkylation sites (N-methyl/N-ethyl adjacent to an activating group) is 3. The highest BCUT2D eigenvalue weighted by Gasteiger charge is 2.27. The summed E-state index contributed by atoms with van der Waals surface area (Å²) in [6.07, 6.45) is 14.5. The Bertz CT molecular complexity index is 5030. The number of halogens is 6. The maximum atomic E-state index is 14.9. The molecule has 9 aromatic heterocycles. The number of anilines is 6. The predicted molar refractivity (Wildman–Crippen MR) is 429 cm³/mol. The van der Waals surface area contributed by atoms with Gasteiger partial charge in [0.1, 0.15) is 86.9 Å². The first-order valence-corrected chi connectivity index (χ1v) is 38.3. The number of aliphatic hydroxyl groups is 3. The molecule has 0 saturated heterocycles. The largest absolute Gasteiger partial charge is 0.384 e. The van der Waals surface area contributed by atoms with E-state index >= 15 is 0 Å². The van der Waals surface area contributed by atoms with Crippen LogP contribution in [0.1, 0.15) is 152 Å². The Hall–Kier alpha value is -11.3. The number of benzene rings is 3. The van der Waals surface area contributed by atoms with Gasteiger partial charge in [0.05, 0.1) is 35.1 Å². The van der Waals surface area contributed by atoms with Gasteiger partial charge >= 0.3 is 0 Å². The van der Waals surface area contributed by atoms with E-state index in [0.717, 1.165) is 113 Å². The number of pyridine rings is 3. The number of hydrogen-bond donors (Lipinski definition) is 6. The number of hydrogen-bond acceptors (Lipinski definition) is 21. The van der Waals surface area contributed by atoms with E-state index in [1.165, 1.54) is 18.2 Å². The van der Waals surface area contributed by atoms with Crippen LogP contribution in [0, 0.1) is 55.7 Å². The molecule has 0 bridgehead atoms. The average molecular weight is 1560 g/mol. The first-order valence-electron chi connectivity index (χ1n) is 38.3. The lowest BCUT2D eigenvalue weighted by Gasteiger charge is -2.27. The van der Waals surface area contributed by atoms with E-state index in [9.17, 15) is 41.7 Å². The zero-order valence-corrected chi connectivity index (χ0v) is 65.7. The minimum Gasteiger partial charge on any atom is -0.384 e. The fourth-order valence-electron chi connectivity index (χ4n) is 14.8. The smallest absolute Gasteiger partial charge is 0.229 e. The minimum absolute atomic E-state index is 0.0325. The van der Waals surface area contributed by atoms with Crippen molar-refractivity contribution in [3.8, 4) is 33.8 Å². The number of aromatic nitrogens is 15. The summed E-state index contributed by atoms with van der Waals surface area (Å²) < 4.78 is 95.0. The molecule has 3 aromatic carbocycles. The van der Waals surface area contributed by atoms with Crippen LogP contribution in [0.3, 0.4) is 0 Å². The van der Waals surface area contributed by atoms with Crippen LogP contribution in [0.4, 0.5) is 61.6 Å². The molecule has 594 valence electrons. The van der Waals surface area contributed by atoms with Crippen LogP contribution in [-0.4, -0.2) is 162 Å². The third-order valence-corrected chi connectivity index (χ3v) is 20.8. The molecule has 114 heavy (non-hydrogen) atoms. The van der Waals surface area contributed by atoms with Gasteiger partial charge in [-0.3, -0.25) is 14.7 Å². The van der Waals surface area contributed by atoms with Crippen molar-refractivity contribution in [3.63, 3.8) is 0 Å². The molecule has 3 aliphatic heterocycles. The Balaban J connectivity index is 0.000000149. The van der Waals surface area contributed by atoms with Crippen LogP contribution in [0.25, 0.3) is 66.9 Å². The number of imidazole rings is 3. The standard InChI is InChI=1S/3C28H31F2N7O/c3*1-5-36-10-8-18(9-11-36)27(38)19-6-7-24(31-14-19)34-28-32-15-22(30)25(35-28)20-12-21(29)26-23(13-20)37(16(2)3)17(4)33-26/h3*6-8,12-16,27,38H,5,9-11H2,1-4H3,(H,31,32,34,35)/t2*27-;/m10./s1. The lowest BCUT2D eigenvalue weighted by atomic mass is 9.97. The topological polar surface area (TPSA) is 276 Å². The van der Waals surface area contributed by atoms with Crippen LogP contribution in [0.15, 0.2) is 145 Å². The Morgan fingerprint density at radius 2 is 0.632 bits per heavy atom.